The van der Waals surface area contributed by atoms with Gasteiger partial charge in [0.2, 0.25) is 11.8 Å². The monoisotopic (exact) mass is 273 g/mol. The summed E-state index contributed by atoms with van der Waals surface area (Å²) in [6, 6.07) is 5.39. The predicted octanol–water partition coefficient (Wildman–Crippen LogP) is 1.66. The molecule has 0 aromatic heterocycles. The first kappa shape index (κ1) is 11.8. The third kappa shape index (κ3) is 1.28. The highest BCUT2D eigenvalue weighted by molar-refractivity contribution is 6.23. The van der Waals surface area contributed by atoms with E-state index in [1.807, 2.05) is 19.1 Å². The van der Waals surface area contributed by atoms with Gasteiger partial charge in [-0.2, -0.15) is 0 Å². The molecule has 2 fully saturated rings. The van der Waals surface area contributed by atoms with Crippen molar-refractivity contribution in [3.63, 3.8) is 0 Å². The third-order valence-electron chi connectivity index (χ3n) is 4.41. The van der Waals surface area contributed by atoms with Crippen molar-refractivity contribution in [1.29, 1.82) is 0 Å². The molecule has 0 saturated carbocycles. The van der Waals surface area contributed by atoms with Crippen molar-refractivity contribution >= 4 is 17.5 Å². The molecule has 2 saturated heterocycles. The number of halogens is 1. The van der Waals surface area contributed by atoms with E-state index in [2.05, 4.69) is 0 Å². The van der Waals surface area contributed by atoms with Gasteiger partial charge in [-0.25, -0.2) is 9.29 Å². The summed E-state index contributed by atoms with van der Waals surface area (Å²) < 4.78 is 18.7. The minimum absolute atomic E-state index is 0.260. The quantitative estimate of drug-likeness (QED) is 0.577. The maximum absolute atomic E-state index is 13.0. The zero-order valence-electron chi connectivity index (χ0n) is 10.7. The Labute approximate surface area is 114 Å². The van der Waals surface area contributed by atoms with E-state index in [1.165, 1.54) is 24.3 Å². The lowest BCUT2D eigenvalue weighted by Crippen LogP contribution is -2.38. The second-order valence-electron chi connectivity index (χ2n) is 5.62. The molecule has 102 valence electrons. The number of fused-ring (bicyclic) bond motifs is 5. The zero-order valence-corrected chi connectivity index (χ0v) is 10.7. The van der Waals surface area contributed by atoms with Crippen molar-refractivity contribution < 1.29 is 18.7 Å². The Morgan fingerprint density at radius 3 is 2.55 bits per heavy atom. The van der Waals surface area contributed by atoms with E-state index in [4.69, 9.17) is 4.74 Å². The van der Waals surface area contributed by atoms with Crippen molar-refractivity contribution in [2.45, 2.75) is 18.6 Å². The van der Waals surface area contributed by atoms with E-state index in [9.17, 15) is 14.0 Å². The number of benzene rings is 1. The van der Waals surface area contributed by atoms with Crippen LogP contribution in [0.25, 0.3) is 0 Å². The molecule has 0 aliphatic carbocycles. The van der Waals surface area contributed by atoms with Crippen LogP contribution in [0.15, 0.2) is 36.4 Å². The smallest absolute Gasteiger partial charge is 0.241 e. The molecule has 0 unspecified atom stereocenters. The molecule has 0 N–H and O–H groups in total. The summed E-state index contributed by atoms with van der Waals surface area (Å²) in [5.74, 6) is -1.85. The fourth-order valence-electron chi connectivity index (χ4n) is 3.50. The van der Waals surface area contributed by atoms with Gasteiger partial charge in [0.05, 0.1) is 29.2 Å². The molecule has 20 heavy (non-hydrogen) atoms. The standard InChI is InChI=1S/C15H12FNO3/c1-15-7-6-10(20-15)11-12(15)14(19)17(13(11)18)9-4-2-8(16)3-5-9/h2-7,10-12H,1H3/t10-,11+,12+,15+/m0/s1. The number of carbonyl (C=O) groups is 2. The number of nitrogens with zero attached hydrogens (tertiary/aromatic N) is 1. The SMILES string of the molecule is C[C@]12C=C[C@H](O1)[C@H]1C(=O)N(c3ccc(F)cc3)C(=O)[C@@H]12. The van der Waals surface area contributed by atoms with Crippen molar-refractivity contribution in [1.82, 2.24) is 0 Å². The van der Waals surface area contributed by atoms with Crippen molar-refractivity contribution in [2.75, 3.05) is 4.90 Å². The van der Waals surface area contributed by atoms with Gasteiger partial charge in [-0.3, -0.25) is 9.59 Å². The number of carbonyl (C=O) groups excluding carboxylic acids is 2. The van der Waals surface area contributed by atoms with E-state index >= 15 is 0 Å². The van der Waals surface area contributed by atoms with Gasteiger partial charge in [-0.15, -0.1) is 0 Å². The summed E-state index contributed by atoms with van der Waals surface area (Å²) in [5.41, 5.74) is -0.282. The van der Waals surface area contributed by atoms with Gasteiger partial charge in [-0.1, -0.05) is 12.2 Å². The van der Waals surface area contributed by atoms with E-state index in [1.54, 1.807) is 0 Å². The molecule has 3 aliphatic heterocycles. The van der Waals surface area contributed by atoms with Crippen LogP contribution in [0, 0.1) is 17.7 Å². The maximum Gasteiger partial charge on any atom is 0.241 e. The Morgan fingerprint density at radius 2 is 1.90 bits per heavy atom. The Hall–Kier alpha value is -2.01. The third-order valence-corrected chi connectivity index (χ3v) is 4.41. The molecule has 5 heteroatoms. The van der Waals surface area contributed by atoms with Gasteiger partial charge in [0.15, 0.2) is 0 Å². The second-order valence-corrected chi connectivity index (χ2v) is 5.62. The fraction of sp³-hybridized carbons (Fsp3) is 0.333. The van der Waals surface area contributed by atoms with Gasteiger partial charge in [0.25, 0.3) is 0 Å². The van der Waals surface area contributed by atoms with Crippen LogP contribution in [0.2, 0.25) is 0 Å². The highest BCUT2D eigenvalue weighted by Crippen LogP contribution is 2.52. The molecule has 0 spiro atoms. The predicted molar refractivity (Wildman–Crippen MR) is 68.3 cm³/mol. The first-order valence-corrected chi connectivity index (χ1v) is 6.52. The van der Waals surface area contributed by atoms with Gasteiger partial charge < -0.3 is 4.74 Å². The number of imide groups is 1. The molecule has 2 amide bonds. The summed E-state index contributed by atoms with van der Waals surface area (Å²) in [6.45, 7) is 1.83. The van der Waals surface area contributed by atoms with Gasteiger partial charge in [0, 0.05) is 0 Å². The molecule has 3 aliphatic rings. The molecule has 1 aromatic carbocycles. The van der Waals surface area contributed by atoms with Crippen LogP contribution >= 0.6 is 0 Å². The highest BCUT2D eigenvalue weighted by Gasteiger charge is 2.65. The minimum Gasteiger partial charge on any atom is -0.362 e. The van der Waals surface area contributed by atoms with Gasteiger partial charge in [-0.05, 0) is 31.2 Å². The number of amides is 2. The molecule has 4 nitrogen and oxygen atoms in total. The number of hydrogen-bond acceptors (Lipinski definition) is 3. The number of rotatable bonds is 1. The van der Waals surface area contributed by atoms with Crippen LogP contribution in [0.5, 0.6) is 0 Å². The van der Waals surface area contributed by atoms with E-state index in [0.717, 1.165) is 4.90 Å². The first-order valence-electron chi connectivity index (χ1n) is 6.52. The maximum atomic E-state index is 13.0. The van der Waals surface area contributed by atoms with Crippen LogP contribution in [-0.2, 0) is 14.3 Å². The Kier molecular flexibility index (Phi) is 2.09. The average Bonchev–Trinajstić information content (AvgIpc) is 3.01. The summed E-state index contributed by atoms with van der Waals surface area (Å²) >= 11 is 0. The summed E-state index contributed by atoms with van der Waals surface area (Å²) in [4.78, 5) is 26.2. The van der Waals surface area contributed by atoms with Crippen LogP contribution in [0.1, 0.15) is 6.92 Å². The average molecular weight is 273 g/mol. The Morgan fingerprint density at radius 1 is 1.20 bits per heavy atom. The largest absolute Gasteiger partial charge is 0.362 e. The fourth-order valence-corrected chi connectivity index (χ4v) is 3.50. The van der Waals surface area contributed by atoms with Crippen LogP contribution < -0.4 is 4.90 Å². The van der Waals surface area contributed by atoms with Crippen LogP contribution in [-0.4, -0.2) is 23.5 Å². The molecule has 4 rings (SSSR count). The Bertz CT molecular complexity index is 654. The molecular formula is C15H12FNO3. The summed E-state index contributed by atoms with van der Waals surface area (Å²) in [7, 11) is 0. The molecule has 4 atom stereocenters. The van der Waals surface area contributed by atoms with Gasteiger partial charge in [0.1, 0.15) is 5.82 Å². The van der Waals surface area contributed by atoms with E-state index in [0.29, 0.717) is 5.69 Å². The van der Waals surface area contributed by atoms with Gasteiger partial charge >= 0.3 is 0 Å². The Balaban J connectivity index is 1.77. The highest BCUT2D eigenvalue weighted by atomic mass is 19.1. The molecule has 1 aromatic rings. The zero-order chi connectivity index (χ0) is 14.1. The summed E-state index contributed by atoms with van der Waals surface area (Å²) in [6.07, 6.45) is 3.38. The lowest BCUT2D eigenvalue weighted by Gasteiger charge is -2.24. The lowest BCUT2D eigenvalue weighted by atomic mass is 9.78. The van der Waals surface area contributed by atoms with Crippen molar-refractivity contribution in [3.8, 4) is 0 Å². The van der Waals surface area contributed by atoms with E-state index in [-0.39, 0.29) is 17.9 Å². The van der Waals surface area contributed by atoms with Crippen molar-refractivity contribution in [2.24, 2.45) is 11.8 Å². The second kappa shape index (κ2) is 3.55. The minimum atomic E-state index is -0.698. The van der Waals surface area contributed by atoms with Crippen LogP contribution in [0.3, 0.4) is 0 Å². The van der Waals surface area contributed by atoms with Crippen LogP contribution in [0.4, 0.5) is 10.1 Å². The summed E-state index contributed by atoms with van der Waals surface area (Å²) in [5, 5.41) is 0. The molecule has 0 radical (unpaired) electrons. The van der Waals surface area contributed by atoms with E-state index < -0.39 is 23.3 Å². The lowest BCUT2D eigenvalue weighted by molar-refractivity contribution is -0.126. The number of hydrogen-bond donors (Lipinski definition) is 0. The first-order chi connectivity index (χ1) is 9.51. The topological polar surface area (TPSA) is 46.6 Å². The molecule has 2 bridgehead atoms. The van der Waals surface area contributed by atoms with Crippen molar-refractivity contribution in [3.05, 3.63) is 42.2 Å². The number of ether oxygens (including phenoxy) is 1. The normalized spacial score (nSPS) is 37.9. The number of anilines is 1. The molecular weight excluding hydrogens is 261 g/mol. The molecule has 3 heterocycles.